The van der Waals surface area contributed by atoms with Crippen LogP contribution >= 0.6 is 0 Å². The topological polar surface area (TPSA) is 64.4 Å². The number of hydrogen-bond acceptors (Lipinski definition) is 5. The molecule has 1 aromatic heterocycles. The fourth-order valence-corrected chi connectivity index (χ4v) is 3.21. The lowest BCUT2D eigenvalue weighted by Crippen LogP contribution is -2.48. The van der Waals surface area contributed by atoms with E-state index in [1.54, 1.807) is 0 Å². The van der Waals surface area contributed by atoms with Crippen molar-refractivity contribution in [3.63, 3.8) is 0 Å². The summed E-state index contributed by atoms with van der Waals surface area (Å²) in [4.78, 5) is 11.7. The molecular weight excluding hydrogens is 268 g/mol. The summed E-state index contributed by atoms with van der Waals surface area (Å²) in [6.07, 6.45) is 6.91. The molecule has 1 fully saturated rings. The highest BCUT2D eigenvalue weighted by atomic mass is 16.5. The average Bonchev–Trinajstić information content (AvgIpc) is 2.86. The summed E-state index contributed by atoms with van der Waals surface area (Å²) in [6, 6.07) is 0. The maximum Gasteiger partial charge on any atom is 0.307 e. The van der Waals surface area contributed by atoms with Crippen molar-refractivity contribution in [2.75, 3.05) is 7.11 Å². The highest BCUT2D eigenvalue weighted by Gasteiger charge is 2.34. The van der Waals surface area contributed by atoms with Crippen molar-refractivity contribution in [2.24, 2.45) is 0 Å². The van der Waals surface area contributed by atoms with Gasteiger partial charge in [-0.15, -0.1) is 0 Å². The van der Waals surface area contributed by atoms with Gasteiger partial charge in [0, 0.05) is 17.6 Å². The van der Waals surface area contributed by atoms with Crippen LogP contribution in [0.2, 0.25) is 0 Å². The van der Waals surface area contributed by atoms with E-state index in [0.29, 0.717) is 13.0 Å². The Morgan fingerprint density at radius 3 is 2.71 bits per heavy atom. The van der Waals surface area contributed by atoms with Crippen molar-refractivity contribution >= 4 is 5.97 Å². The maximum absolute atomic E-state index is 11.7. The predicted molar refractivity (Wildman–Crippen MR) is 79.9 cm³/mol. The molecule has 21 heavy (non-hydrogen) atoms. The van der Waals surface area contributed by atoms with Crippen LogP contribution < -0.4 is 5.32 Å². The van der Waals surface area contributed by atoms with Crippen LogP contribution in [0, 0.1) is 6.92 Å². The van der Waals surface area contributed by atoms with Gasteiger partial charge >= 0.3 is 5.97 Å². The van der Waals surface area contributed by atoms with E-state index in [1.165, 1.54) is 13.5 Å². The molecule has 0 atom stereocenters. The molecule has 0 spiro atoms. The van der Waals surface area contributed by atoms with Gasteiger partial charge in [0.25, 0.3) is 0 Å². The number of ether oxygens (including phenoxy) is 1. The van der Waals surface area contributed by atoms with Crippen LogP contribution in [-0.4, -0.2) is 23.8 Å². The normalized spacial score (nSPS) is 17.7. The number of hydrogen-bond donors (Lipinski definition) is 1. The molecule has 1 aliphatic rings. The number of nitrogens with zero attached hydrogens (tertiary/aromatic N) is 1. The largest absolute Gasteiger partial charge is 0.469 e. The number of methoxy groups -OCH3 is 1. The van der Waals surface area contributed by atoms with Gasteiger partial charge in [0.2, 0.25) is 0 Å². The monoisotopic (exact) mass is 294 g/mol. The SMILES string of the molecule is CCc1noc(C)c1CNC1(CC(=O)OC)CCCCC1. The molecule has 0 aliphatic heterocycles. The Kier molecular flexibility index (Phi) is 5.39. The van der Waals surface area contributed by atoms with Gasteiger partial charge in [0.15, 0.2) is 0 Å². The molecule has 0 amide bonds. The maximum atomic E-state index is 11.7. The van der Waals surface area contributed by atoms with Crippen LogP contribution in [0.4, 0.5) is 0 Å². The summed E-state index contributed by atoms with van der Waals surface area (Å²) < 4.78 is 10.2. The van der Waals surface area contributed by atoms with E-state index in [0.717, 1.165) is 49.1 Å². The van der Waals surface area contributed by atoms with Gasteiger partial charge in [0.1, 0.15) is 5.76 Å². The van der Waals surface area contributed by atoms with E-state index < -0.39 is 0 Å². The number of rotatable bonds is 6. The zero-order chi connectivity index (χ0) is 15.3. The lowest BCUT2D eigenvalue weighted by molar-refractivity contribution is -0.142. The van der Waals surface area contributed by atoms with Gasteiger partial charge in [-0.1, -0.05) is 31.3 Å². The molecule has 2 rings (SSSR count). The van der Waals surface area contributed by atoms with Crippen LogP contribution in [0.1, 0.15) is 62.5 Å². The second-order valence-electron chi connectivity index (χ2n) is 5.97. The van der Waals surface area contributed by atoms with Gasteiger partial charge in [-0.25, -0.2) is 0 Å². The fraction of sp³-hybridized carbons (Fsp3) is 0.750. The molecule has 5 heteroatoms. The van der Waals surface area contributed by atoms with Gasteiger partial charge in [0.05, 0.1) is 19.2 Å². The Morgan fingerprint density at radius 2 is 2.10 bits per heavy atom. The predicted octanol–water partition coefficient (Wildman–Crippen LogP) is 2.90. The Hall–Kier alpha value is -1.36. The van der Waals surface area contributed by atoms with E-state index in [2.05, 4.69) is 17.4 Å². The van der Waals surface area contributed by atoms with Gasteiger partial charge in [-0.2, -0.15) is 0 Å². The minimum absolute atomic E-state index is 0.137. The number of aryl methyl sites for hydroxylation is 2. The highest BCUT2D eigenvalue weighted by molar-refractivity contribution is 5.70. The third kappa shape index (κ3) is 3.84. The van der Waals surface area contributed by atoms with Crippen LogP contribution in [0.25, 0.3) is 0 Å². The van der Waals surface area contributed by atoms with Crippen LogP contribution in [0.3, 0.4) is 0 Å². The van der Waals surface area contributed by atoms with Crippen molar-refractivity contribution in [2.45, 2.75) is 70.9 Å². The minimum atomic E-state index is -0.139. The molecule has 118 valence electrons. The summed E-state index contributed by atoms with van der Waals surface area (Å²) in [7, 11) is 1.46. The fourth-order valence-electron chi connectivity index (χ4n) is 3.21. The van der Waals surface area contributed by atoms with E-state index in [-0.39, 0.29) is 11.5 Å². The molecule has 1 aromatic rings. The van der Waals surface area contributed by atoms with Crippen LogP contribution in [0.15, 0.2) is 4.52 Å². The molecule has 0 radical (unpaired) electrons. The summed E-state index contributed by atoms with van der Waals surface area (Å²) in [5.74, 6) is 0.727. The lowest BCUT2D eigenvalue weighted by Gasteiger charge is -2.37. The Labute approximate surface area is 126 Å². The third-order valence-electron chi connectivity index (χ3n) is 4.56. The van der Waals surface area contributed by atoms with E-state index >= 15 is 0 Å². The van der Waals surface area contributed by atoms with Crippen molar-refractivity contribution in [3.05, 3.63) is 17.0 Å². The van der Waals surface area contributed by atoms with Crippen molar-refractivity contribution in [3.8, 4) is 0 Å². The first kappa shape index (κ1) is 16.0. The van der Waals surface area contributed by atoms with Gasteiger partial charge in [-0.05, 0) is 26.2 Å². The second kappa shape index (κ2) is 7.07. The molecule has 1 aliphatic carbocycles. The molecule has 0 saturated heterocycles. The van der Waals surface area contributed by atoms with E-state index in [1.807, 2.05) is 6.92 Å². The summed E-state index contributed by atoms with van der Waals surface area (Å²) >= 11 is 0. The molecule has 0 aromatic carbocycles. The quantitative estimate of drug-likeness (QED) is 0.817. The van der Waals surface area contributed by atoms with Gasteiger partial charge < -0.3 is 14.6 Å². The Bertz CT molecular complexity index is 476. The second-order valence-corrected chi connectivity index (χ2v) is 5.97. The number of aromatic nitrogens is 1. The van der Waals surface area contributed by atoms with Crippen molar-refractivity contribution in [1.29, 1.82) is 0 Å². The van der Waals surface area contributed by atoms with Crippen LogP contribution in [-0.2, 0) is 22.5 Å². The standard InChI is InChI=1S/C16H26N2O3/c1-4-14-13(12(2)21-18-14)11-17-16(10-15(19)20-3)8-6-5-7-9-16/h17H,4-11H2,1-3H3. The smallest absolute Gasteiger partial charge is 0.307 e. The van der Waals surface area contributed by atoms with Crippen molar-refractivity contribution in [1.82, 2.24) is 10.5 Å². The zero-order valence-electron chi connectivity index (χ0n) is 13.3. The average molecular weight is 294 g/mol. The number of esters is 1. The molecule has 1 N–H and O–H groups in total. The summed E-state index contributed by atoms with van der Waals surface area (Å²) in [6.45, 7) is 4.72. The summed E-state index contributed by atoms with van der Waals surface area (Å²) in [5, 5.41) is 7.71. The number of nitrogens with one attached hydrogen (secondary N) is 1. The molecule has 0 unspecified atom stereocenters. The molecule has 1 heterocycles. The Morgan fingerprint density at radius 1 is 1.38 bits per heavy atom. The molecular formula is C16H26N2O3. The first-order valence-corrected chi connectivity index (χ1v) is 7.86. The van der Waals surface area contributed by atoms with Crippen molar-refractivity contribution < 1.29 is 14.1 Å². The zero-order valence-corrected chi connectivity index (χ0v) is 13.3. The first-order chi connectivity index (χ1) is 10.1. The molecule has 1 saturated carbocycles. The Balaban J connectivity index is 2.08. The van der Waals surface area contributed by atoms with E-state index in [4.69, 9.17) is 9.26 Å². The number of carbonyl (C=O) groups is 1. The van der Waals surface area contributed by atoms with Gasteiger partial charge in [-0.3, -0.25) is 4.79 Å². The first-order valence-electron chi connectivity index (χ1n) is 7.86. The third-order valence-corrected chi connectivity index (χ3v) is 4.56. The molecule has 5 nitrogen and oxygen atoms in total. The molecule has 0 bridgehead atoms. The lowest BCUT2D eigenvalue weighted by atomic mass is 9.79. The van der Waals surface area contributed by atoms with Crippen LogP contribution in [0.5, 0.6) is 0 Å². The highest BCUT2D eigenvalue weighted by Crippen LogP contribution is 2.32. The summed E-state index contributed by atoms with van der Waals surface area (Å²) in [5.41, 5.74) is 2.00. The number of carbonyl (C=O) groups excluding carboxylic acids is 1. The van der Waals surface area contributed by atoms with E-state index in [9.17, 15) is 4.79 Å². The minimum Gasteiger partial charge on any atom is -0.469 e.